The van der Waals surface area contributed by atoms with E-state index in [-0.39, 0.29) is 17.9 Å². The molecule has 12 heavy (non-hydrogen) atoms. The quantitative estimate of drug-likeness (QED) is 0.408. The van der Waals surface area contributed by atoms with Crippen LogP contribution in [0, 0.1) is 5.92 Å². The van der Waals surface area contributed by atoms with E-state index in [2.05, 4.69) is 5.32 Å². The highest BCUT2D eigenvalue weighted by atomic mass is 35.5. The zero-order valence-electron chi connectivity index (χ0n) is 7.56. The van der Waals surface area contributed by atoms with Gasteiger partial charge in [-0.3, -0.25) is 10.1 Å². The van der Waals surface area contributed by atoms with E-state index in [0.717, 1.165) is 6.42 Å². The Labute approximate surface area is 77.4 Å². The van der Waals surface area contributed by atoms with Crippen molar-refractivity contribution in [2.24, 2.45) is 5.92 Å². The lowest BCUT2D eigenvalue weighted by Crippen LogP contribution is -2.40. The number of hydrogen-bond donors (Lipinski definition) is 1. The number of ether oxygens (including phenoxy) is 1. The van der Waals surface area contributed by atoms with Gasteiger partial charge in [-0.05, 0) is 5.92 Å². The molecule has 1 fully saturated rings. The van der Waals surface area contributed by atoms with Gasteiger partial charge in [-0.25, -0.2) is 0 Å². The second-order valence-electron chi connectivity index (χ2n) is 3.35. The minimum absolute atomic E-state index is 0.248. The third-order valence-corrected chi connectivity index (χ3v) is 2.36. The van der Waals surface area contributed by atoms with Crippen LogP contribution in [0.3, 0.4) is 0 Å². The molecule has 0 aliphatic carbocycles. The standard InChI is InChI=1S/C8H14ClNO2/c1-4-5(2)6-7(11)12-8(3,9)10-6/h5-6,10H,4H2,1-3H3/t5?,6-,8+/m0/s1. The first-order chi connectivity index (χ1) is 5.46. The Balaban J connectivity index is 2.64. The summed E-state index contributed by atoms with van der Waals surface area (Å²) in [5.74, 6) is 0.0138. The Kier molecular flexibility index (Phi) is 2.64. The molecule has 1 aliphatic rings. The second-order valence-corrected chi connectivity index (χ2v) is 4.07. The van der Waals surface area contributed by atoms with Crippen molar-refractivity contribution in [1.82, 2.24) is 5.32 Å². The van der Waals surface area contributed by atoms with Crippen molar-refractivity contribution in [2.45, 2.75) is 38.4 Å². The lowest BCUT2D eigenvalue weighted by Gasteiger charge is -2.16. The smallest absolute Gasteiger partial charge is 0.326 e. The molecule has 1 aliphatic heterocycles. The fourth-order valence-corrected chi connectivity index (χ4v) is 1.42. The number of esters is 1. The number of hydrogen-bond acceptors (Lipinski definition) is 3. The zero-order chi connectivity index (χ0) is 9.35. The molecule has 1 rings (SSSR count). The van der Waals surface area contributed by atoms with Gasteiger partial charge in [-0.1, -0.05) is 31.9 Å². The Hall–Kier alpha value is -0.280. The molecule has 1 saturated heterocycles. The molecule has 0 aromatic heterocycles. The number of halogens is 1. The summed E-state index contributed by atoms with van der Waals surface area (Å²) in [6.45, 7) is 5.66. The van der Waals surface area contributed by atoms with Gasteiger partial charge in [0.2, 0.25) is 5.18 Å². The van der Waals surface area contributed by atoms with Gasteiger partial charge in [0.05, 0.1) is 0 Å². The molecular formula is C8H14ClNO2. The molecule has 0 aromatic rings. The van der Waals surface area contributed by atoms with Crippen LogP contribution < -0.4 is 5.32 Å². The summed E-state index contributed by atoms with van der Waals surface area (Å²) in [6.07, 6.45) is 0.930. The van der Waals surface area contributed by atoms with Gasteiger partial charge in [0.15, 0.2) is 0 Å². The van der Waals surface area contributed by atoms with Gasteiger partial charge in [-0.2, -0.15) is 0 Å². The maximum absolute atomic E-state index is 11.2. The van der Waals surface area contributed by atoms with E-state index in [1.807, 2.05) is 13.8 Å². The van der Waals surface area contributed by atoms with Gasteiger partial charge in [0.25, 0.3) is 0 Å². The highest BCUT2D eigenvalue weighted by Gasteiger charge is 2.43. The molecule has 3 atom stereocenters. The average Bonchev–Trinajstić information content (AvgIpc) is 2.23. The molecule has 70 valence electrons. The Morgan fingerprint density at radius 2 is 2.42 bits per heavy atom. The second kappa shape index (κ2) is 3.23. The van der Waals surface area contributed by atoms with Gasteiger partial charge in [-0.15, -0.1) is 0 Å². The van der Waals surface area contributed by atoms with Crippen LogP contribution in [0.15, 0.2) is 0 Å². The Morgan fingerprint density at radius 3 is 2.75 bits per heavy atom. The van der Waals surface area contributed by atoms with E-state index in [9.17, 15) is 4.79 Å². The van der Waals surface area contributed by atoms with E-state index in [4.69, 9.17) is 16.3 Å². The number of nitrogens with one attached hydrogen (secondary N) is 1. The van der Waals surface area contributed by atoms with Crippen molar-refractivity contribution < 1.29 is 9.53 Å². The topological polar surface area (TPSA) is 38.3 Å². The molecule has 0 aromatic carbocycles. The first-order valence-corrected chi connectivity index (χ1v) is 4.53. The van der Waals surface area contributed by atoms with Gasteiger partial charge in [0, 0.05) is 6.92 Å². The molecule has 0 spiro atoms. The fourth-order valence-electron chi connectivity index (χ4n) is 1.23. The van der Waals surface area contributed by atoms with Gasteiger partial charge < -0.3 is 4.74 Å². The summed E-state index contributed by atoms with van der Waals surface area (Å²) in [5, 5.41) is 1.92. The minimum Gasteiger partial charge on any atom is -0.429 e. The summed E-state index contributed by atoms with van der Waals surface area (Å²) in [7, 11) is 0. The minimum atomic E-state index is -1.01. The van der Waals surface area contributed by atoms with Crippen LogP contribution in [0.1, 0.15) is 27.2 Å². The van der Waals surface area contributed by atoms with Crippen LogP contribution >= 0.6 is 11.6 Å². The summed E-state index contributed by atoms with van der Waals surface area (Å²) in [4.78, 5) is 11.2. The molecule has 1 heterocycles. The molecule has 0 bridgehead atoms. The summed E-state index contributed by atoms with van der Waals surface area (Å²) in [6, 6.07) is -0.252. The summed E-state index contributed by atoms with van der Waals surface area (Å²) < 4.78 is 4.90. The highest BCUT2D eigenvalue weighted by molar-refractivity contribution is 6.23. The number of carbonyl (C=O) groups excluding carboxylic acids is 1. The van der Waals surface area contributed by atoms with E-state index in [1.54, 1.807) is 6.92 Å². The van der Waals surface area contributed by atoms with Gasteiger partial charge in [0.1, 0.15) is 6.04 Å². The molecule has 0 radical (unpaired) electrons. The molecular weight excluding hydrogens is 178 g/mol. The maximum atomic E-state index is 11.2. The monoisotopic (exact) mass is 191 g/mol. The average molecular weight is 192 g/mol. The zero-order valence-corrected chi connectivity index (χ0v) is 8.31. The number of cyclic esters (lactones) is 1. The lowest BCUT2D eigenvalue weighted by molar-refractivity contribution is -0.144. The summed E-state index contributed by atoms with van der Waals surface area (Å²) in [5.41, 5.74) is 0. The maximum Gasteiger partial charge on any atom is 0.326 e. The predicted molar refractivity (Wildman–Crippen MR) is 46.7 cm³/mol. The van der Waals surface area contributed by atoms with Crippen molar-refractivity contribution in [1.29, 1.82) is 0 Å². The number of carbonyl (C=O) groups is 1. The Morgan fingerprint density at radius 1 is 1.83 bits per heavy atom. The van der Waals surface area contributed by atoms with Crippen LogP contribution in [-0.2, 0) is 9.53 Å². The number of alkyl halides is 1. The lowest BCUT2D eigenvalue weighted by atomic mass is 10.0. The van der Waals surface area contributed by atoms with Gasteiger partial charge >= 0.3 is 5.97 Å². The molecule has 0 saturated carbocycles. The Bertz CT molecular complexity index is 193. The molecule has 4 heteroatoms. The van der Waals surface area contributed by atoms with Crippen molar-refractivity contribution in [3.8, 4) is 0 Å². The first kappa shape index (κ1) is 9.81. The van der Waals surface area contributed by atoms with Crippen LogP contribution in [-0.4, -0.2) is 17.2 Å². The predicted octanol–water partition coefficient (Wildman–Crippen LogP) is 1.46. The van der Waals surface area contributed by atoms with Crippen LogP contribution in [0.25, 0.3) is 0 Å². The first-order valence-electron chi connectivity index (χ1n) is 4.15. The molecule has 1 unspecified atom stereocenters. The molecule has 0 amide bonds. The number of rotatable bonds is 2. The third-order valence-electron chi connectivity index (χ3n) is 2.17. The third kappa shape index (κ3) is 1.90. The summed E-state index contributed by atoms with van der Waals surface area (Å²) >= 11 is 5.80. The largest absolute Gasteiger partial charge is 0.429 e. The van der Waals surface area contributed by atoms with Crippen molar-refractivity contribution >= 4 is 17.6 Å². The van der Waals surface area contributed by atoms with Crippen molar-refractivity contribution in [3.63, 3.8) is 0 Å². The SMILES string of the molecule is CCC(C)[C@@H]1N[C@@](C)(Cl)OC1=O. The van der Waals surface area contributed by atoms with Crippen LogP contribution in [0.4, 0.5) is 0 Å². The molecule has 3 nitrogen and oxygen atoms in total. The van der Waals surface area contributed by atoms with E-state index in [0.29, 0.717) is 0 Å². The molecule has 1 N–H and O–H groups in total. The fraction of sp³-hybridized carbons (Fsp3) is 0.875. The normalized spacial score (nSPS) is 38.0. The van der Waals surface area contributed by atoms with E-state index in [1.165, 1.54) is 0 Å². The van der Waals surface area contributed by atoms with Crippen LogP contribution in [0.2, 0.25) is 0 Å². The van der Waals surface area contributed by atoms with Crippen molar-refractivity contribution in [2.75, 3.05) is 0 Å². The van der Waals surface area contributed by atoms with Crippen molar-refractivity contribution in [3.05, 3.63) is 0 Å². The van der Waals surface area contributed by atoms with Crippen LogP contribution in [0.5, 0.6) is 0 Å². The highest BCUT2D eigenvalue weighted by Crippen LogP contribution is 2.25. The van der Waals surface area contributed by atoms with E-state index >= 15 is 0 Å². The van der Waals surface area contributed by atoms with E-state index < -0.39 is 5.18 Å².